The summed E-state index contributed by atoms with van der Waals surface area (Å²) in [4.78, 5) is 0. The van der Waals surface area contributed by atoms with E-state index in [9.17, 15) is 0 Å². The van der Waals surface area contributed by atoms with Crippen LogP contribution in [0.3, 0.4) is 0 Å². The summed E-state index contributed by atoms with van der Waals surface area (Å²) < 4.78 is 7.04. The van der Waals surface area contributed by atoms with E-state index in [1.807, 2.05) is 4.68 Å². The number of nitrogens with zero attached hydrogens (tertiary/aromatic N) is 2. The van der Waals surface area contributed by atoms with Crippen molar-refractivity contribution < 1.29 is 4.74 Å². The van der Waals surface area contributed by atoms with Gasteiger partial charge in [-0.3, -0.25) is 16.0 Å². The van der Waals surface area contributed by atoms with Crippen LogP contribution in [0.5, 0.6) is 0 Å². The Kier molecular flexibility index (Phi) is 5.84. The quantitative estimate of drug-likeness (QED) is 0.626. The largest absolute Gasteiger partial charge is 0.383 e. The van der Waals surface area contributed by atoms with Crippen molar-refractivity contribution in [2.75, 3.05) is 13.7 Å². The molecule has 6 heteroatoms. The zero-order valence-electron chi connectivity index (χ0n) is 12.3. The smallest absolute Gasteiger partial charge is 0.0834 e. The van der Waals surface area contributed by atoms with Crippen LogP contribution >= 0.6 is 11.6 Å². The number of halogens is 1. The summed E-state index contributed by atoms with van der Waals surface area (Å²) >= 11 is 6.33. The fourth-order valence-corrected chi connectivity index (χ4v) is 3.35. The highest BCUT2D eigenvalue weighted by Crippen LogP contribution is 2.38. The van der Waals surface area contributed by atoms with Gasteiger partial charge in [-0.2, -0.15) is 5.10 Å². The van der Waals surface area contributed by atoms with E-state index < -0.39 is 0 Å². The molecule has 2 rings (SSSR count). The summed E-state index contributed by atoms with van der Waals surface area (Å²) in [6.45, 7) is 3.63. The molecule has 0 aromatic carbocycles. The van der Waals surface area contributed by atoms with Crippen LogP contribution in [0, 0.1) is 11.8 Å². The van der Waals surface area contributed by atoms with Gasteiger partial charge in [0.05, 0.1) is 36.1 Å². The van der Waals surface area contributed by atoms with Crippen LogP contribution < -0.4 is 11.3 Å². The Balaban J connectivity index is 2.16. The first-order valence-electron chi connectivity index (χ1n) is 7.33. The van der Waals surface area contributed by atoms with Crippen molar-refractivity contribution in [1.29, 1.82) is 0 Å². The van der Waals surface area contributed by atoms with Crippen molar-refractivity contribution in [3.8, 4) is 0 Å². The molecule has 1 aliphatic carbocycles. The second-order valence-corrected chi connectivity index (χ2v) is 6.17. The van der Waals surface area contributed by atoms with Gasteiger partial charge in [0.2, 0.25) is 0 Å². The molecule has 1 saturated carbocycles. The predicted octanol–water partition coefficient (Wildman–Crippen LogP) is 2.51. The predicted molar refractivity (Wildman–Crippen MR) is 80.3 cm³/mol. The van der Waals surface area contributed by atoms with Crippen LogP contribution in [-0.4, -0.2) is 23.5 Å². The van der Waals surface area contributed by atoms with Gasteiger partial charge in [0.15, 0.2) is 0 Å². The summed E-state index contributed by atoms with van der Waals surface area (Å²) in [5, 5.41) is 5.02. The summed E-state index contributed by atoms with van der Waals surface area (Å²) in [5.41, 5.74) is 3.95. The van der Waals surface area contributed by atoms with Crippen LogP contribution in [0.25, 0.3) is 0 Å². The average molecular weight is 301 g/mol. The number of hydrogen-bond donors (Lipinski definition) is 2. The molecule has 3 N–H and O–H groups in total. The molecular weight excluding hydrogens is 276 g/mol. The average Bonchev–Trinajstić information content (AvgIpc) is 2.81. The summed E-state index contributed by atoms with van der Waals surface area (Å²) in [5.74, 6) is 7.15. The second-order valence-electron chi connectivity index (χ2n) is 5.76. The third-order valence-corrected chi connectivity index (χ3v) is 4.64. The number of aromatic nitrogens is 2. The molecular formula is C14H25ClN4O. The lowest BCUT2D eigenvalue weighted by Crippen LogP contribution is -2.37. The van der Waals surface area contributed by atoms with Gasteiger partial charge >= 0.3 is 0 Å². The number of methoxy groups -OCH3 is 1. The third-order valence-electron chi connectivity index (χ3n) is 4.35. The highest BCUT2D eigenvalue weighted by molar-refractivity contribution is 6.31. The van der Waals surface area contributed by atoms with E-state index in [2.05, 4.69) is 17.4 Å². The molecule has 0 radical (unpaired) electrons. The maximum atomic E-state index is 6.33. The van der Waals surface area contributed by atoms with Gasteiger partial charge < -0.3 is 4.74 Å². The van der Waals surface area contributed by atoms with Gasteiger partial charge in [-0.25, -0.2) is 0 Å². The van der Waals surface area contributed by atoms with Gasteiger partial charge in [0.25, 0.3) is 0 Å². The van der Waals surface area contributed by atoms with Gasteiger partial charge in [0, 0.05) is 7.11 Å². The fraction of sp³-hybridized carbons (Fsp3) is 0.786. The minimum Gasteiger partial charge on any atom is -0.383 e. The van der Waals surface area contributed by atoms with Crippen molar-refractivity contribution in [2.24, 2.45) is 17.7 Å². The van der Waals surface area contributed by atoms with Crippen molar-refractivity contribution in [3.63, 3.8) is 0 Å². The van der Waals surface area contributed by atoms with Crippen LogP contribution in [0.4, 0.5) is 0 Å². The molecule has 1 atom stereocenters. The van der Waals surface area contributed by atoms with Gasteiger partial charge in [-0.15, -0.1) is 0 Å². The zero-order chi connectivity index (χ0) is 14.5. The Bertz CT molecular complexity index is 415. The van der Waals surface area contributed by atoms with E-state index in [0.717, 1.165) is 11.6 Å². The third kappa shape index (κ3) is 3.52. The fourth-order valence-electron chi connectivity index (χ4n) is 3.09. The Morgan fingerprint density at radius 2 is 2.20 bits per heavy atom. The molecule has 0 saturated heterocycles. The lowest BCUT2D eigenvalue weighted by atomic mass is 9.78. The van der Waals surface area contributed by atoms with Crippen molar-refractivity contribution in [3.05, 3.63) is 16.9 Å². The van der Waals surface area contributed by atoms with E-state index in [-0.39, 0.29) is 6.04 Å². The van der Waals surface area contributed by atoms with E-state index in [1.54, 1.807) is 13.3 Å². The van der Waals surface area contributed by atoms with Crippen molar-refractivity contribution >= 4 is 11.6 Å². The molecule has 0 amide bonds. The van der Waals surface area contributed by atoms with Crippen LogP contribution in [0.15, 0.2) is 6.20 Å². The molecule has 1 heterocycles. The monoisotopic (exact) mass is 300 g/mol. The van der Waals surface area contributed by atoms with Gasteiger partial charge in [0.1, 0.15) is 0 Å². The van der Waals surface area contributed by atoms with Crippen molar-refractivity contribution in [1.82, 2.24) is 15.2 Å². The molecule has 1 aliphatic rings. The number of nitrogens with one attached hydrogen (secondary N) is 1. The first-order valence-corrected chi connectivity index (χ1v) is 7.71. The van der Waals surface area contributed by atoms with E-state index in [4.69, 9.17) is 22.2 Å². The Labute approximate surface area is 125 Å². The van der Waals surface area contributed by atoms with Gasteiger partial charge in [-0.1, -0.05) is 31.4 Å². The van der Waals surface area contributed by atoms with Crippen LogP contribution in [0.1, 0.15) is 44.3 Å². The molecule has 114 valence electrons. The number of rotatable bonds is 6. The topological polar surface area (TPSA) is 65.1 Å². The van der Waals surface area contributed by atoms with Crippen molar-refractivity contribution in [2.45, 2.75) is 45.2 Å². The Morgan fingerprint density at radius 3 is 2.80 bits per heavy atom. The number of ether oxygens (including phenoxy) is 1. The summed E-state index contributed by atoms with van der Waals surface area (Å²) in [7, 11) is 1.69. The van der Waals surface area contributed by atoms with E-state index in [0.29, 0.717) is 24.1 Å². The lowest BCUT2D eigenvalue weighted by Gasteiger charge is -2.32. The Hall–Kier alpha value is -0.620. The zero-order valence-corrected chi connectivity index (χ0v) is 13.1. The number of hydrazine groups is 1. The molecule has 20 heavy (non-hydrogen) atoms. The maximum absolute atomic E-state index is 6.33. The van der Waals surface area contributed by atoms with E-state index >= 15 is 0 Å². The molecule has 1 fully saturated rings. The van der Waals surface area contributed by atoms with Crippen LogP contribution in [-0.2, 0) is 11.3 Å². The number of hydrogen-bond acceptors (Lipinski definition) is 4. The maximum Gasteiger partial charge on any atom is 0.0834 e. The molecule has 1 unspecified atom stereocenters. The second kappa shape index (κ2) is 7.41. The highest BCUT2D eigenvalue weighted by atomic mass is 35.5. The van der Waals surface area contributed by atoms with E-state index in [1.165, 1.54) is 25.7 Å². The lowest BCUT2D eigenvalue weighted by molar-refractivity contribution is 0.177. The molecule has 0 aliphatic heterocycles. The SMILES string of the molecule is COCCn1ncc(Cl)c1C(NN)C1CCC(C)CC1. The number of nitrogens with two attached hydrogens (primary N) is 1. The molecule has 1 aromatic rings. The summed E-state index contributed by atoms with van der Waals surface area (Å²) in [6, 6.07) is 0.0642. The van der Waals surface area contributed by atoms with Crippen LogP contribution in [0.2, 0.25) is 5.02 Å². The minimum absolute atomic E-state index is 0.0642. The summed E-state index contributed by atoms with van der Waals surface area (Å²) in [6.07, 6.45) is 6.57. The van der Waals surface area contributed by atoms with Gasteiger partial charge in [-0.05, 0) is 24.7 Å². The standard InChI is InChI=1S/C14H25ClN4O/c1-10-3-5-11(6-4-10)13(18-16)14-12(15)9-17-19(14)7-8-20-2/h9-11,13,18H,3-8,16H2,1-2H3. The molecule has 0 bridgehead atoms. The Morgan fingerprint density at radius 1 is 1.50 bits per heavy atom. The molecule has 0 spiro atoms. The first kappa shape index (κ1) is 15.8. The first-order chi connectivity index (χ1) is 9.67. The molecule has 5 nitrogen and oxygen atoms in total. The highest BCUT2D eigenvalue weighted by Gasteiger charge is 2.30. The normalized spacial score (nSPS) is 24.8. The minimum atomic E-state index is 0.0642. The molecule has 1 aromatic heterocycles.